The molecule has 144 valence electrons. The predicted octanol–water partition coefficient (Wildman–Crippen LogP) is 2.92. The normalized spacial score (nSPS) is 26.8. The summed E-state index contributed by atoms with van der Waals surface area (Å²) in [6.45, 7) is 3.80. The summed E-state index contributed by atoms with van der Waals surface area (Å²) in [6, 6.07) is 5.80. The summed E-state index contributed by atoms with van der Waals surface area (Å²) in [6.07, 6.45) is -3.02. The summed E-state index contributed by atoms with van der Waals surface area (Å²) in [5.74, 6) is -0.333. The largest absolute Gasteiger partial charge is 0.573 e. The van der Waals surface area contributed by atoms with Gasteiger partial charge in [0, 0.05) is 12.1 Å². The Morgan fingerprint density at radius 3 is 2.65 bits per heavy atom. The van der Waals surface area contributed by atoms with Gasteiger partial charge in [0.1, 0.15) is 5.75 Å². The molecule has 5 nitrogen and oxygen atoms in total. The van der Waals surface area contributed by atoms with Crippen molar-refractivity contribution in [3.8, 4) is 5.75 Å². The summed E-state index contributed by atoms with van der Waals surface area (Å²) in [7, 11) is 0. The number of nitrogens with zero attached hydrogens (tertiary/aromatic N) is 1. The standard InChI is InChI=1S/C18H22F3NO4/c1-17(11-13-3-5-14(6-4-13)26-18(19,20)21)7-2-8-22(17)16(23)15-12-24-9-10-25-15/h3-6,15H,2,7-12H2,1H3. The molecule has 2 fully saturated rings. The van der Waals surface area contributed by atoms with Crippen molar-refractivity contribution in [2.24, 2.45) is 0 Å². The Morgan fingerprint density at radius 2 is 2.04 bits per heavy atom. The minimum atomic E-state index is -4.70. The van der Waals surface area contributed by atoms with Crippen LogP contribution in [0.25, 0.3) is 0 Å². The van der Waals surface area contributed by atoms with Crippen LogP contribution >= 0.6 is 0 Å². The smallest absolute Gasteiger partial charge is 0.406 e. The van der Waals surface area contributed by atoms with Gasteiger partial charge in [0.15, 0.2) is 6.10 Å². The Hall–Kier alpha value is -1.80. The molecule has 0 spiro atoms. The maximum atomic E-state index is 12.8. The van der Waals surface area contributed by atoms with Gasteiger partial charge in [0.25, 0.3) is 5.91 Å². The van der Waals surface area contributed by atoms with E-state index in [1.165, 1.54) is 12.1 Å². The highest BCUT2D eigenvalue weighted by atomic mass is 19.4. The first-order valence-corrected chi connectivity index (χ1v) is 8.62. The fourth-order valence-corrected chi connectivity index (χ4v) is 3.64. The average molecular weight is 373 g/mol. The van der Waals surface area contributed by atoms with Gasteiger partial charge >= 0.3 is 6.36 Å². The van der Waals surface area contributed by atoms with Crippen LogP contribution in [0.4, 0.5) is 13.2 Å². The Balaban J connectivity index is 1.67. The Morgan fingerprint density at radius 1 is 1.31 bits per heavy atom. The summed E-state index contributed by atoms with van der Waals surface area (Å²) in [5.41, 5.74) is 0.451. The first-order valence-electron chi connectivity index (χ1n) is 8.62. The van der Waals surface area contributed by atoms with Crippen LogP contribution < -0.4 is 4.74 Å². The fourth-order valence-electron chi connectivity index (χ4n) is 3.64. The van der Waals surface area contributed by atoms with E-state index in [1.54, 1.807) is 12.1 Å². The Bertz CT molecular complexity index is 628. The summed E-state index contributed by atoms with van der Waals surface area (Å²) in [5, 5.41) is 0. The third kappa shape index (κ3) is 4.48. The molecule has 1 amide bonds. The topological polar surface area (TPSA) is 48.0 Å². The van der Waals surface area contributed by atoms with Crippen molar-refractivity contribution < 1.29 is 32.2 Å². The Labute approximate surface area is 150 Å². The maximum Gasteiger partial charge on any atom is 0.573 e. The van der Waals surface area contributed by atoms with Gasteiger partial charge in [0.05, 0.1) is 19.8 Å². The van der Waals surface area contributed by atoms with E-state index in [0.29, 0.717) is 26.2 Å². The number of benzene rings is 1. The predicted molar refractivity (Wildman–Crippen MR) is 86.7 cm³/mol. The highest BCUT2D eigenvalue weighted by Gasteiger charge is 2.42. The van der Waals surface area contributed by atoms with E-state index in [2.05, 4.69) is 4.74 Å². The molecule has 2 atom stereocenters. The van der Waals surface area contributed by atoms with Gasteiger partial charge < -0.3 is 19.1 Å². The third-order valence-corrected chi connectivity index (χ3v) is 4.85. The first kappa shape index (κ1) is 19.0. The van der Waals surface area contributed by atoms with Gasteiger partial charge in [-0.15, -0.1) is 13.2 Å². The quantitative estimate of drug-likeness (QED) is 0.814. The lowest BCUT2D eigenvalue weighted by Gasteiger charge is -2.38. The molecule has 0 N–H and O–H groups in total. The maximum absolute atomic E-state index is 12.8. The lowest BCUT2D eigenvalue weighted by atomic mass is 9.90. The number of alkyl halides is 3. The van der Waals surface area contributed by atoms with Crippen molar-refractivity contribution in [1.29, 1.82) is 0 Å². The van der Waals surface area contributed by atoms with Gasteiger partial charge in [-0.25, -0.2) is 0 Å². The van der Waals surface area contributed by atoms with Crippen molar-refractivity contribution in [1.82, 2.24) is 4.90 Å². The molecule has 2 unspecified atom stereocenters. The van der Waals surface area contributed by atoms with Crippen LogP contribution in [0, 0.1) is 0 Å². The van der Waals surface area contributed by atoms with E-state index in [-0.39, 0.29) is 18.3 Å². The highest BCUT2D eigenvalue weighted by Crippen LogP contribution is 2.34. The minimum absolute atomic E-state index is 0.0817. The minimum Gasteiger partial charge on any atom is -0.406 e. The van der Waals surface area contributed by atoms with Crippen LogP contribution in [0.1, 0.15) is 25.3 Å². The molecular weight excluding hydrogens is 351 g/mol. The van der Waals surface area contributed by atoms with E-state index >= 15 is 0 Å². The number of hydrogen-bond acceptors (Lipinski definition) is 4. The van der Waals surface area contributed by atoms with Gasteiger partial charge in [-0.3, -0.25) is 4.79 Å². The van der Waals surface area contributed by atoms with Crippen LogP contribution in [0.3, 0.4) is 0 Å². The third-order valence-electron chi connectivity index (χ3n) is 4.85. The second-order valence-corrected chi connectivity index (χ2v) is 6.89. The molecule has 2 aliphatic heterocycles. The van der Waals surface area contributed by atoms with Gasteiger partial charge in [-0.1, -0.05) is 12.1 Å². The lowest BCUT2D eigenvalue weighted by molar-refractivity contribution is -0.274. The molecule has 2 saturated heterocycles. The van der Waals surface area contributed by atoms with Crippen LogP contribution in [0.15, 0.2) is 24.3 Å². The van der Waals surface area contributed by atoms with E-state index in [4.69, 9.17) is 9.47 Å². The van der Waals surface area contributed by atoms with E-state index in [1.807, 2.05) is 11.8 Å². The van der Waals surface area contributed by atoms with Crippen molar-refractivity contribution in [3.63, 3.8) is 0 Å². The SMILES string of the molecule is CC1(Cc2ccc(OC(F)(F)F)cc2)CCCN1C(=O)C1COCCO1. The molecule has 1 aromatic rings. The molecule has 26 heavy (non-hydrogen) atoms. The molecule has 0 aromatic heterocycles. The van der Waals surface area contributed by atoms with Crippen molar-refractivity contribution in [3.05, 3.63) is 29.8 Å². The zero-order valence-electron chi connectivity index (χ0n) is 14.6. The molecule has 3 rings (SSSR count). The van der Waals surface area contributed by atoms with E-state index in [0.717, 1.165) is 18.4 Å². The van der Waals surface area contributed by atoms with Crippen LogP contribution in [0.2, 0.25) is 0 Å². The molecule has 0 bridgehead atoms. The fraction of sp³-hybridized carbons (Fsp3) is 0.611. The summed E-state index contributed by atoms with van der Waals surface area (Å²) in [4.78, 5) is 14.6. The van der Waals surface area contributed by atoms with Crippen molar-refractivity contribution in [2.45, 2.75) is 44.2 Å². The molecule has 0 radical (unpaired) electrons. The number of hydrogen-bond donors (Lipinski definition) is 0. The second kappa shape index (κ2) is 7.44. The summed E-state index contributed by atoms with van der Waals surface area (Å²) >= 11 is 0. The van der Waals surface area contributed by atoms with Crippen LogP contribution in [-0.2, 0) is 20.7 Å². The number of amides is 1. The number of carbonyl (C=O) groups is 1. The van der Waals surface area contributed by atoms with Crippen LogP contribution in [-0.4, -0.2) is 55.2 Å². The molecule has 2 heterocycles. The molecule has 0 aliphatic carbocycles. The monoisotopic (exact) mass is 373 g/mol. The molecule has 1 aromatic carbocycles. The number of likely N-dealkylation sites (tertiary alicyclic amines) is 1. The number of rotatable bonds is 4. The van der Waals surface area contributed by atoms with Crippen molar-refractivity contribution >= 4 is 5.91 Å². The van der Waals surface area contributed by atoms with Crippen molar-refractivity contribution in [2.75, 3.05) is 26.4 Å². The number of ether oxygens (including phenoxy) is 3. The van der Waals surface area contributed by atoms with E-state index < -0.39 is 18.0 Å². The zero-order chi connectivity index (χ0) is 18.8. The van der Waals surface area contributed by atoms with Gasteiger partial charge in [-0.05, 0) is 43.9 Å². The highest BCUT2D eigenvalue weighted by molar-refractivity contribution is 5.82. The summed E-state index contributed by atoms with van der Waals surface area (Å²) < 4.78 is 51.5. The average Bonchev–Trinajstić information content (AvgIpc) is 2.97. The number of carbonyl (C=O) groups excluding carboxylic acids is 1. The molecule has 0 saturated carbocycles. The van der Waals surface area contributed by atoms with Gasteiger partial charge in [-0.2, -0.15) is 0 Å². The lowest BCUT2D eigenvalue weighted by Crippen LogP contribution is -2.53. The van der Waals surface area contributed by atoms with E-state index in [9.17, 15) is 18.0 Å². The first-order chi connectivity index (χ1) is 12.3. The van der Waals surface area contributed by atoms with Crippen LogP contribution in [0.5, 0.6) is 5.75 Å². The molecule has 8 heteroatoms. The zero-order valence-corrected chi connectivity index (χ0v) is 14.6. The Kier molecular flexibility index (Phi) is 5.43. The molecular formula is C18H22F3NO4. The van der Waals surface area contributed by atoms with Gasteiger partial charge in [0.2, 0.25) is 0 Å². The number of halogens is 3. The molecule has 2 aliphatic rings. The second-order valence-electron chi connectivity index (χ2n) is 6.89.